The first kappa shape index (κ1) is 14.0. The Morgan fingerprint density at radius 2 is 2.06 bits per heavy atom. The van der Waals surface area contributed by atoms with Gasteiger partial charge in [-0.15, -0.1) is 0 Å². The third-order valence-electron chi connectivity index (χ3n) is 3.14. The van der Waals surface area contributed by atoms with Crippen LogP contribution in [-0.4, -0.2) is 41.9 Å². The highest BCUT2D eigenvalue weighted by Crippen LogP contribution is 2.13. The molecule has 0 aliphatic carbocycles. The number of piperidine rings is 1. The number of hydrogen-bond acceptors (Lipinski definition) is 3. The molecule has 0 spiro atoms. The molecular formula is C12H23N3O2. The van der Waals surface area contributed by atoms with Gasteiger partial charge in [0.2, 0.25) is 11.8 Å². The predicted octanol–water partition coefficient (Wildman–Crippen LogP) is 0.0968. The highest BCUT2D eigenvalue weighted by Gasteiger charge is 2.28. The van der Waals surface area contributed by atoms with Gasteiger partial charge in [-0.25, -0.2) is 0 Å². The van der Waals surface area contributed by atoms with Crippen LogP contribution < -0.4 is 11.1 Å². The smallest absolute Gasteiger partial charge is 0.239 e. The molecule has 1 aliphatic rings. The topological polar surface area (TPSA) is 75.4 Å². The molecule has 5 heteroatoms. The minimum absolute atomic E-state index is 0.00458. The minimum atomic E-state index is -0.439. The summed E-state index contributed by atoms with van der Waals surface area (Å²) in [6.45, 7) is 6.71. The van der Waals surface area contributed by atoms with Gasteiger partial charge < -0.3 is 16.0 Å². The Kier molecular flexibility index (Phi) is 4.93. The Morgan fingerprint density at radius 1 is 1.41 bits per heavy atom. The summed E-state index contributed by atoms with van der Waals surface area (Å²) in [5, 5.41) is 2.86. The Morgan fingerprint density at radius 3 is 2.59 bits per heavy atom. The summed E-state index contributed by atoms with van der Waals surface area (Å²) in [7, 11) is 0. The lowest BCUT2D eigenvalue weighted by Crippen LogP contribution is -2.54. The van der Waals surface area contributed by atoms with Crippen LogP contribution in [0.3, 0.4) is 0 Å². The van der Waals surface area contributed by atoms with E-state index < -0.39 is 6.04 Å². The van der Waals surface area contributed by atoms with Crippen LogP contribution in [0.5, 0.6) is 0 Å². The van der Waals surface area contributed by atoms with Crippen LogP contribution in [0.1, 0.15) is 33.6 Å². The number of nitrogens with two attached hydrogens (primary N) is 1. The summed E-state index contributed by atoms with van der Waals surface area (Å²) in [5.41, 5.74) is 5.86. The monoisotopic (exact) mass is 241 g/mol. The van der Waals surface area contributed by atoms with E-state index in [0.29, 0.717) is 6.54 Å². The molecule has 5 nitrogen and oxygen atoms in total. The second-order valence-electron chi connectivity index (χ2n) is 5.09. The maximum absolute atomic E-state index is 12.1. The first-order valence-electron chi connectivity index (χ1n) is 6.23. The number of amides is 2. The fraction of sp³-hybridized carbons (Fsp3) is 0.833. The summed E-state index contributed by atoms with van der Waals surface area (Å²) in [6, 6.07) is -0.365. The molecule has 0 saturated carbocycles. The molecule has 1 aliphatic heterocycles. The molecule has 1 heterocycles. The van der Waals surface area contributed by atoms with Gasteiger partial charge in [-0.05, 0) is 18.8 Å². The standard InChI is InChI=1S/C12H23N3O2/c1-8(2)11(13)12(17)15-6-4-5-10(7-15)14-9(3)16/h8,10-11H,4-7,13H2,1-3H3,(H,14,16)/t10?,11-/m0/s1. The molecule has 3 N–H and O–H groups in total. The van der Waals surface area contributed by atoms with Crippen LogP contribution in [0.15, 0.2) is 0 Å². The van der Waals surface area contributed by atoms with Gasteiger partial charge in [-0.3, -0.25) is 9.59 Å². The first-order chi connectivity index (χ1) is 7.91. The molecular weight excluding hydrogens is 218 g/mol. The van der Waals surface area contributed by atoms with Gasteiger partial charge in [-0.1, -0.05) is 13.8 Å². The molecule has 1 saturated heterocycles. The van der Waals surface area contributed by atoms with Crippen molar-refractivity contribution in [1.29, 1.82) is 0 Å². The average Bonchev–Trinajstić information content (AvgIpc) is 2.26. The molecule has 1 unspecified atom stereocenters. The SMILES string of the molecule is CC(=O)NC1CCCN(C(=O)[C@@H](N)C(C)C)C1. The van der Waals surface area contributed by atoms with Crippen molar-refractivity contribution >= 4 is 11.8 Å². The fourth-order valence-corrected chi connectivity index (χ4v) is 2.08. The van der Waals surface area contributed by atoms with E-state index in [1.165, 1.54) is 6.92 Å². The first-order valence-corrected chi connectivity index (χ1v) is 6.23. The number of carbonyl (C=O) groups excluding carboxylic acids is 2. The lowest BCUT2D eigenvalue weighted by Gasteiger charge is -2.35. The van der Waals surface area contributed by atoms with Crippen molar-refractivity contribution < 1.29 is 9.59 Å². The Hall–Kier alpha value is -1.10. The van der Waals surface area contributed by atoms with Gasteiger partial charge in [0.1, 0.15) is 0 Å². The van der Waals surface area contributed by atoms with Crippen molar-refractivity contribution in [3.8, 4) is 0 Å². The van der Waals surface area contributed by atoms with Gasteiger partial charge in [0.25, 0.3) is 0 Å². The van der Waals surface area contributed by atoms with E-state index in [0.717, 1.165) is 19.4 Å². The number of hydrogen-bond donors (Lipinski definition) is 2. The lowest BCUT2D eigenvalue weighted by molar-refractivity contribution is -0.135. The Bertz CT molecular complexity index is 291. The number of nitrogens with one attached hydrogen (secondary N) is 1. The van der Waals surface area contributed by atoms with Gasteiger partial charge in [0.05, 0.1) is 6.04 Å². The van der Waals surface area contributed by atoms with E-state index in [9.17, 15) is 9.59 Å². The van der Waals surface area contributed by atoms with Crippen molar-refractivity contribution in [2.75, 3.05) is 13.1 Å². The van der Waals surface area contributed by atoms with Crippen LogP contribution in [-0.2, 0) is 9.59 Å². The van der Waals surface area contributed by atoms with Gasteiger partial charge >= 0.3 is 0 Å². The molecule has 1 fully saturated rings. The van der Waals surface area contributed by atoms with Crippen molar-refractivity contribution in [1.82, 2.24) is 10.2 Å². The number of likely N-dealkylation sites (tertiary alicyclic amines) is 1. The second-order valence-corrected chi connectivity index (χ2v) is 5.09. The molecule has 0 aromatic carbocycles. The molecule has 2 amide bonds. The van der Waals surface area contributed by atoms with Gasteiger partial charge in [0, 0.05) is 26.1 Å². The van der Waals surface area contributed by atoms with E-state index in [2.05, 4.69) is 5.32 Å². The van der Waals surface area contributed by atoms with Crippen LogP contribution in [0.2, 0.25) is 0 Å². The van der Waals surface area contributed by atoms with E-state index in [1.807, 2.05) is 13.8 Å². The number of nitrogens with zero attached hydrogens (tertiary/aromatic N) is 1. The zero-order valence-electron chi connectivity index (χ0n) is 10.9. The zero-order chi connectivity index (χ0) is 13.0. The summed E-state index contributed by atoms with van der Waals surface area (Å²) in [5.74, 6) is 0.0937. The molecule has 0 aromatic rings. The molecule has 2 atom stereocenters. The van der Waals surface area contributed by atoms with E-state index in [1.54, 1.807) is 4.90 Å². The third kappa shape index (κ3) is 4.00. The van der Waals surface area contributed by atoms with Crippen LogP contribution in [0.4, 0.5) is 0 Å². The highest BCUT2D eigenvalue weighted by molar-refractivity contribution is 5.82. The molecule has 0 bridgehead atoms. The van der Waals surface area contributed by atoms with Crippen molar-refractivity contribution in [3.05, 3.63) is 0 Å². The highest BCUT2D eigenvalue weighted by atomic mass is 16.2. The van der Waals surface area contributed by atoms with Crippen molar-refractivity contribution in [2.45, 2.75) is 45.7 Å². The lowest BCUT2D eigenvalue weighted by atomic mass is 10.0. The third-order valence-corrected chi connectivity index (χ3v) is 3.14. The minimum Gasteiger partial charge on any atom is -0.352 e. The molecule has 1 rings (SSSR count). The number of carbonyl (C=O) groups is 2. The summed E-state index contributed by atoms with van der Waals surface area (Å²) >= 11 is 0. The molecule has 0 aromatic heterocycles. The van der Waals surface area contributed by atoms with E-state index >= 15 is 0 Å². The van der Waals surface area contributed by atoms with Crippen molar-refractivity contribution in [3.63, 3.8) is 0 Å². The van der Waals surface area contributed by atoms with Crippen LogP contribution in [0.25, 0.3) is 0 Å². The summed E-state index contributed by atoms with van der Waals surface area (Å²) < 4.78 is 0. The van der Waals surface area contributed by atoms with Gasteiger partial charge in [-0.2, -0.15) is 0 Å². The average molecular weight is 241 g/mol. The maximum Gasteiger partial charge on any atom is 0.239 e. The quantitative estimate of drug-likeness (QED) is 0.735. The normalized spacial score (nSPS) is 22.4. The van der Waals surface area contributed by atoms with Gasteiger partial charge in [0.15, 0.2) is 0 Å². The molecule has 17 heavy (non-hydrogen) atoms. The van der Waals surface area contributed by atoms with Crippen molar-refractivity contribution in [2.24, 2.45) is 11.7 Å². The maximum atomic E-state index is 12.1. The summed E-state index contributed by atoms with van der Waals surface area (Å²) in [6.07, 6.45) is 1.85. The fourth-order valence-electron chi connectivity index (χ4n) is 2.08. The second kappa shape index (κ2) is 6.00. The van der Waals surface area contributed by atoms with Crippen LogP contribution >= 0.6 is 0 Å². The number of rotatable bonds is 3. The molecule has 0 radical (unpaired) electrons. The predicted molar refractivity (Wildman–Crippen MR) is 66.2 cm³/mol. The van der Waals surface area contributed by atoms with E-state index in [-0.39, 0.29) is 23.8 Å². The molecule has 98 valence electrons. The Balaban J connectivity index is 2.54. The Labute approximate surface area is 103 Å². The summed E-state index contributed by atoms with van der Waals surface area (Å²) in [4.78, 5) is 24.8. The zero-order valence-corrected chi connectivity index (χ0v) is 10.9. The largest absolute Gasteiger partial charge is 0.352 e. The van der Waals surface area contributed by atoms with E-state index in [4.69, 9.17) is 5.73 Å². The van der Waals surface area contributed by atoms with Crippen LogP contribution in [0, 0.1) is 5.92 Å².